The maximum Gasteiger partial charge on any atom is 0.164 e. The summed E-state index contributed by atoms with van der Waals surface area (Å²) < 4.78 is 1.21. The Kier molecular flexibility index (Phi) is 8.60. The van der Waals surface area contributed by atoms with E-state index in [1.165, 1.54) is 10.3 Å². The van der Waals surface area contributed by atoms with Crippen molar-refractivity contribution in [3.05, 3.63) is 200 Å². The van der Waals surface area contributed by atoms with E-state index in [2.05, 4.69) is 164 Å². The van der Waals surface area contributed by atoms with Crippen molar-refractivity contribution in [2.24, 2.45) is 0 Å². The molecule has 11 aromatic rings. The summed E-state index contributed by atoms with van der Waals surface area (Å²) in [6.45, 7) is 0. The third-order valence-electron chi connectivity index (χ3n) is 10.8. The highest BCUT2D eigenvalue weighted by Gasteiger charge is 2.15. The van der Waals surface area contributed by atoms with Gasteiger partial charge in [-0.2, -0.15) is 0 Å². The van der Waals surface area contributed by atoms with Crippen molar-refractivity contribution in [3.8, 4) is 78.7 Å². The van der Waals surface area contributed by atoms with Gasteiger partial charge >= 0.3 is 0 Å². The van der Waals surface area contributed by atoms with Crippen molar-refractivity contribution in [1.29, 1.82) is 0 Å². The monoisotopic (exact) mass is 771 g/mol. The van der Waals surface area contributed by atoms with Gasteiger partial charge in [0.25, 0.3) is 0 Å². The van der Waals surface area contributed by atoms with Gasteiger partial charge in [0, 0.05) is 32.3 Å². The van der Waals surface area contributed by atoms with Gasteiger partial charge in [-0.1, -0.05) is 188 Å². The van der Waals surface area contributed by atoms with Crippen LogP contribution in [0.4, 0.5) is 0 Å². The van der Waals surface area contributed by atoms with E-state index in [1.807, 2.05) is 36.4 Å². The van der Waals surface area contributed by atoms with Crippen LogP contribution in [0.1, 0.15) is 0 Å². The lowest BCUT2D eigenvalue weighted by atomic mass is 9.97. The average Bonchev–Trinajstić information content (AvgIpc) is 3.68. The molecule has 0 saturated carbocycles. The maximum atomic E-state index is 5.12. The summed E-state index contributed by atoms with van der Waals surface area (Å²) in [5, 5.41) is 1.16. The van der Waals surface area contributed by atoms with Crippen LogP contribution in [0.15, 0.2) is 200 Å². The molecule has 0 amide bonds. The Hall–Kier alpha value is -7.67. The minimum Gasteiger partial charge on any atom is -0.243 e. The highest BCUT2D eigenvalue weighted by Crippen LogP contribution is 2.36. The Morgan fingerprint density at radius 3 is 1.20 bits per heavy atom. The number of benzene rings is 8. The SMILES string of the molecule is c1ccc(-c2ccc(-c3nc(-c4ccccc4)nc(-c4ccc(-c5ccc(-c6ccc(-c7cccc8nc9c(nc78)sc7ccccc79)cc6)cc5)cc4)n3)cc2)cc1. The third kappa shape index (κ3) is 6.61. The van der Waals surface area contributed by atoms with Crippen molar-refractivity contribution < 1.29 is 0 Å². The fourth-order valence-corrected chi connectivity index (χ4v) is 8.72. The summed E-state index contributed by atoms with van der Waals surface area (Å²) in [7, 11) is 0. The Balaban J connectivity index is 0.852. The van der Waals surface area contributed by atoms with Gasteiger partial charge in [0.05, 0.1) is 11.0 Å². The van der Waals surface area contributed by atoms with Crippen LogP contribution in [0.25, 0.3) is 110 Å². The molecule has 0 radical (unpaired) electrons. The lowest BCUT2D eigenvalue weighted by Crippen LogP contribution is -2.00. The zero-order chi connectivity index (χ0) is 39.1. The van der Waals surface area contributed by atoms with Gasteiger partial charge in [0.2, 0.25) is 0 Å². The molecule has 11 rings (SSSR count). The Morgan fingerprint density at radius 1 is 0.271 bits per heavy atom. The molecule has 0 saturated heterocycles. The van der Waals surface area contributed by atoms with Crippen LogP contribution in [0.2, 0.25) is 0 Å². The van der Waals surface area contributed by atoms with E-state index in [0.717, 1.165) is 82.4 Å². The molecule has 0 fully saturated rings. The van der Waals surface area contributed by atoms with Crippen LogP contribution >= 0.6 is 11.3 Å². The zero-order valence-electron chi connectivity index (χ0n) is 31.7. The Bertz CT molecular complexity index is 3270. The molecule has 5 nitrogen and oxygen atoms in total. The zero-order valence-corrected chi connectivity index (χ0v) is 32.5. The third-order valence-corrected chi connectivity index (χ3v) is 11.9. The summed E-state index contributed by atoms with van der Waals surface area (Å²) in [5.74, 6) is 1.92. The lowest BCUT2D eigenvalue weighted by Gasteiger charge is -2.10. The number of hydrogen-bond acceptors (Lipinski definition) is 6. The first-order valence-electron chi connectivity index (χ1n) is 19.6. The summed E-state index contributed by atoms with van der Waals surface area (Å²) in [5.41, 5.74) is 14.7. The van der Waals surface area contributed by atoms with E-state index < -0.39 is 0 Å². The van der Waals surface area contributed by atoms with E-state index in [9.17, 15) is 0 Å². The molecule has 0 aliphatic rings. The average molecular weight is 772 g/mol. The molecule has 0 unspecified atom stereocenters. The predicted molar refractivity (Wildman–Crippen MR) is 244 cm³/mol. The molecule has 59 heavy (non-hydrogen) atoms. The molecule has 6 heteroatoms. The maximum absolute atomic E-state index is 5.12. The predicted octanol–water partition coefficient (Wildman–Crippen LogP) is 13.9. The van der Waals surface area contributed by atoms with Crippen LogP contribution in [0, 0.1) is 0 Å². The van der Waals surface area contributed by atoms with E-state index in [-0.39, 0.29) is 0 Å². The van der Waals surface area contributed by atoms with Gasteiger partial charge in [-0.3, -0.25) is 0 Å². The van der Waals surface area contributed by atoms with E-state index in [0.29, 0.717) is 17.5 Å². The molecule has 0 spiro atoms. The molecule has 276 valence electrons. The van der Waals surface area contributed by atoms with Crippen molar-refractivity contribution in [2.45, 2.75) is 0 Å². The van der Waals surface area contributed by atoms with Gasteiger partial charge < -0.3 is 0 Å². The van der Waals surface area contributed by atoms with E-state index in [1.54, 1.807) is 11.3 Å². The van der Waals surface area contributed by atoms with Crippen LogP contribution in [0.5, 0.6) is 0 Å². The standard InChI is InChI=1S/C53H33N5S/c1-3-10-34(11-4-1)35-24-30-42(31-25-35)51-56-50(41-12-5-2-6-13-41)57-52(58-51)43-32-26-39(27-33-43)37-20-18-36(19-21-37)38-22-28-40(29-23-38)44-15-9-16-46-48(44)55-53-49(54-46)45-14-7-8-17-47(45)59-53/h1-33H. The van der Waals surface area contributed by atoms with Gasteiger partial charge in [-0.05, 0) is 51.1 Å². The summed E-state index contributed by atoms with van der Waals surface area (Å²) >= 11 is 1.70. The number of nitrogens with zero attached hydrogens (tertiary/aromatic N) is 5. The first-order valence-corrected chi connectivity index (χ1v) is 20.4. The van der Waals surface area contributed by atoms with Crippen molar-refractivity contribution >= 4 is 42.8 Å². The molecule has 8 aromatic carbocycles. The number of hydrogen-bond donors (Lipinski definition) is 0. The minimum atomic E-state index is 0.634. The Labute approximate surface area is 345 Å². The number of aromatic nitrogens is 5. The summed E-state index contributed by atoms with van der Waals surface area (Å²) in [6.07, 6.45) is 0. The largest absolute Gasteiger partial charge is 0.243 e. The number of rotatable bonds is 7. The fourth-order valence-electron chi connectivity index (χ4n) is 7.70. The van der Waals surface area contributed by atoms with Crippen LogP contribution in [-0.2, 0) is 0 Å². The first kappa shape index (κ1) is 34.6. The first-order chi connectivity index (χ1) is 29.2. The summed E-state index contributed by atoms with van der Waals surface area (Å²) in [4.78, 5) is 26.0. The molecule has 0 bridgehead atoms. The molecule has 0 atom stereocenters. The molecule has 3 aromatic heterocycles. The van der Waals surface area contributed by atoms with Gasteiger partial charge in [0.1, 0.15) is 10.3 Å². The van der Waals surface area contributed by atoms with Gasteiger partial charge in [0.15, 0.2) is 17.5 Å². The highest BCUT2D eigenvalue weighted by atomic mass is 32.1. The van der Waals surface area contributed by atoms with E-state index >= 15 is 0 Å². The molecule has 0 N–H and O–H groups in total. The van der Waals surface area contributed by atoms with E-state index in [4.69, 9.17) is 24.9 Å². The second-order valence-electron chi connectivity index (χ2n) is 14.5. The minimum absolute atomic E-state index is 0.634. The molecule has 3 heterocycles. The Morgan fingerprint density at radius 2 is 0.678 bits per heavy atom. The molecular formula is C53H33N5S. The second-order valence-corrected chi connectivity index (χ2v) is 15.5. The quantitative estimate of drug-likeness (QED) is 0.161. The smallest absolute Gasteiger partial charge is 0.164 e. The van der Waals surface area contributed by atoms with Crippen molar-refractivity contribution in [2.75, 3.05) is 0 Å². The van der Waals surface area contributed by atoms with Crippen molar-refractivity contribution in [3.63, 3.8) is 0 Å². The molecule has 0 aliphatic heterocycles. The van der Waals surface area contributed by atoms with Gasteiger partial charge in [-0.15, -0.1) is 11.3 Å². The second kappa shape index (κ2) is 14.7. The molecule has 0 aliphatic carbocycles. The number of fused-ring (bicyclic) bond motifs is 4. The van der Waals surface area contributed by atoms with Crippen LogP contribution in [0.3, 0.4) is 0 Å². The van der Waals surface area contributed by atoms with Crippen molar-refractivity contribution in [1.82, 2.24) is 24.9 Å². The fraction of sp³-hybridized carbons (Fsp3) is 0. The van der Waals surface area contributed by atoms with Crippen LogP contribution in [-0.4, -0.2) is 24.9 Å². The molecular weight excluding hydrogens is 739 g/mol. The van der Waals surface area contributed by atoms with Crippen LogP contribution < -0.4 is 0 Å². The normalized spacial score (nSPS) is 11.4. The number of thiophene rings is 1. The lowest BCUT2D eigenvalue weighted by molar-refractivity contribution is 1.07. The topological polar surface area (TPSA) is 64.5 Å². The highest BCUT2D eigenvalue weighted by molar-refractivity contribution is 7.25. The summed E-state index contributed by atoms with van der Waals surface area (Å²) in [6, 6.07) is 69.5. The van der Waals surface area contributed by atoms with Gasteiger partial charge in [-0.25, -0.2) is 24.9 Å². The number of para-hydroxylation sites is 1.